The number of phenolic OH excluding ortho intramolecular Hbond substituents is 1. The topological polar surface area (TPSA) is 61.7 Å². The number of nitrogens with zero attached hydrogens (tertiary/aromatic N) is 1. The third kappa shape index (κ3) is 5.87. The van der Waals surface area contributed by atoms with Crippen molar-refractivity contribution in [1.29, 1.82) is 0 Å². The lowest BCUT2D eigenvalue weighted by atomic mass is 10.1. The van der Waals surface area contributed by atoms with E-state index in [0.29, 0.717) is 17.7 Å². The van der Waals surface area contributed by atoms with Crippen molar-refractivity contribution in [3.63, 3.8) is 0 Å². The van der Waals surface area contributed by atoms with Crippen LogP contribution in [0.2, 0.25) is 0 Å². The molecule has 0 atom stereocenters. The molecule has 1 rings (SSSR count). The monoisotopic (exact) mass is 276 g/mol. The van der Waals surface area contributed by atoms with E-state index in [-0.39, 0.29) is 11.7 Å². The van der Waals surface area contributed by atoms with Crippen molar-refractivity contribution in [2.24, 2.45) is 5.10 Å². The fourth-order valence-corrected chi connectivity index (χ4v) is 1.93. The molecule has 0 unspecified atom stereocenters. The molecule has 110 valence electrons. The molecule has 0 saturated carbocycles. The van der Waals surface area contributed by atoms with Gasteiger partial charge < -0.3 is 5.11 Å². The highest BCUT2D eigenvalue weighted by Gasteiger charge is 2.04. The SMILES string of the molecule is CCCCCCCC(=O)N/N=C(/C)c1ccccc1O. The minimum atomic E-state index is -0.0729. The maximum Gasteiger partial charge on any atom is 0.240 e. The number of unbranched alkanes of at least 4 members (excludes halogenated alkanes) is 4. The summed E-state index contributed by atoms with van der Waals surface area (Å²) in [4.78, 5) is 11.6. The summed E-state index contributed by atoms with van der Waals surface area (Å²) in [5.41, 5.74) is 3.77. The van der Waals surface area contributed by atoms with Crippen LogP contribution in [0.25, 0.3) is 0 Å². The number of hydrazone groups is 1. The molecule has 0 aliphatic carbocycles. The molecule has 20 heavy (non-hydrogen) atoms. The molecule has 0 bridgehead atoms. The molecule has 0 saturated heterocycles. The van der Waals surface area contributed by atoms with Crippen LogP contribution in [0, 0.1) is 0 Å². The van der Waals surface area contributed by atoms with Crippen LogP contribution in [0.4, 0.5) is 0 Å². The van der Waals surface area contributed by atoms with Crippen molar-refractivity contribution in [3.8, 4) is 5.75 Å². The van der Waals surface area contributed by atoms with Gasteiger partial charge >= 0.3 is 0 Å². The Morgan fingerprint density at radius 2 is 1.90 bits per heavy atom. The molecule has 4 nitrogen and oxygen atoms in total. The smallest absolute Gasteiger partial charge is 0.240 e. The minimum absolute atomic E-state index is 0.0729. The summed E-state index contributed by atoms with van der Waals surface area (Å²) in [6.07, 6.45) is 6.11. The molecular formula is C16H24N2O2. The lowest BCUT2D eigenvalue weighted by Crippen LogP contribution is -2.18. The van der Waals surface area contributed by atoms with Gasteiger partial charge in [-0.25, -0.2) is 5.43 Å². The molecular weight excluding hydrogens is 252 g/mol. The summed E-state index contributed by atoms with van der Waals surface area (Å²) in [6.45, 7) is 3.93. The number of carbonyl (C=O) groups excluding carboxylic acids is 1. The maximum absolute atomic E-state index is 11.6. The fraction of sp³-hybridized carbons (Fsp3) is 0.500. The van der Waals surface area contributed by atoms with Gasteiger partial charge in [0.25, 0.3) is 0 Å². The normalized spacial score (nSPS) is 11.4. The Hall–Kier alpha value is -1.84. The van der Waals surface area contributed by atoms with Crippen LogP contribution in [0.1, 0.15) is 57.9 Å². The van der Waals surface area contributed by atoms with Gasteiger partial charge in [0.2, 0.25) is 5.91 Å². The third-order valence-corrected chi connectivity index (χ3v) is 3.15. The van der Waals surface area contributed by atoms with E-state index >= 15 is 0 Å². The summed E-state index contributed by atoms with van der Waals surface area (Å²) in [6, 6.07) is 6.94. The number of carbonyl (C=O) groups is 1. The number of para-hydroxylation sites is 1. The molecule has 0 heterocycles. The Kier molecular flexibility index (Phi) is 7.40. The molecule has 2 N–H and O–H groups in total. The zero-order chi connectivity index (χ0) is 14.8. The average molecular weight is 276 g/mol. The van der Waals surface area contributed by atoms with Gasteiger partial charge in [0.05, 0.1) is 5.71 Å². The zero-order valence-electron chi connectivity index (χ0n) is 12.4. The standard InChI is InChI=1S/C16H24N2O2/c1-3-4-5-6-7-12-16(20)18-17-13(2)14-10-8-9-11-15(14)19/h8-11,19H,3-7,12H2,1-2H3,(H,18,20)/b17-13-. The van der Waals surface area contributed by atoms with Gasteiger partial charge in [-0.15, -0.1) is 0 Å². The molecule has 1 aromatic rings. The second kappa shape index (κ2) is 9.13. The van der Waals surface area contributed by atoms with E-state index in [1.807, 2.05) is 6.07 Å². The lowest BCUT2D eigenvalue weighted by Gasteiger charge is -2.04. The summed E-state index contributed by atoms with van der Waals surface area (Å²) < 4.78 is 0. The number of rotatable bonds is 8. The largest absolute Gasteiger partial charge is 0.507 e. The summed E-state index contributed by atoms with van der Waals surface area (Å²) in [7, 11) is 0. The Labute approximate surface area is 120 Å². The maximum atomic E-state index is 11.6. The molecule has 0 aliphatic heterocycles. The van der Waals surface area contributed by atoms with E-state index in [1.54, 1.807) is 25.1 Å². The summed E-state index contributed by atoms with van der Waals surface area (Å²) in [5.74, 6) is 0.0961. The van der Waals surface area contributed by atoms with E-state index in [0.717, 1.165) is 12.8 Å². The minimum Gasteiger partial charge on any atom is -0.507 e. The Balaban J connectivity index is 2.36. The predicted molar refractivity (Wildman–Crippen MR) is 81.8 cm³/mol. The first-order valence-electron chi connectivity index (χ1n) is 7.26. The third-order valence-electron chi connectivity index (χ3n) is 3.15. The first-order valence-corrected chi connectivity index (χ1v) is 7.26. The molecule has 1 aromatic carbocycles. The molecule has 4 heteroatoms. The van der Waals surface area contributed by atoms with Gasteiger partial charge in [-0.2, -0.15) is 5.10 Å². The van der Waals surface area contributed by atoms with Crippen molar-refractivity contribution < 1.29 is 9.90 Å². The van der Waals surface area contributed by atoms with Crippen LogP contribution in [-0.2, 0) is 4.79 Å². The zero-order valence-corrected chi connectivity index (χ0v) is 12.4. The van der Waals surface area contributed by atoms with Gasteiger partial charge in [0.15, 0.2) is 0 Å². The van der Waals surface area contributed by atoms with Gasteiger partial charge in [-0.1, -0.05) is 44.7 Å². The molecule has 0 fully saturated rings. The van der Waals surface area contributed by atoms with Crippen LogP contribution in [0.5, 0.6) is 5.75 Å². The number of aromatic hydroxyl groups is 1. The van der Waals surface area contributed by atoms with Crippen molar-refractivity contribution in [3.05, 3.63) is 29.8 Å². The average Bonchev–Trinajstić information content (AvgIpc) is 2.45. The number of benzene rings is 1. The molecule has 1 amide bonds. The Bertz CT molecular complexity index is 456. The number of amides is 1. The van der Waals surface area contributed by atoms with Gasteiger partial charge in [0.1, 0.15) is 5.75 Å². The summed E-state index contributed by atoms with van der Waals surface area (Å²) in [5, 5.41) is 13.7. The van der Waals surface area contributed by atoms with Crippen molar-refractivity contribution in [2.45, 2.75) is 52.4 Å². The molecule has 0 radical (unpaired) electrons. The van der Waals surface area contributed by atoms with E-state index in [4.69, 9.17) is 0 Å². The first kappa shape index (κ1) is 16.2. The van der Waals surface area contributed by atoms with Gasteiger partial charge in [-0.3, -0.25) is 4.79 Å². The van der Waals surface area contributed by atoms with Crippen LogP contribution < -0.4 is 5.43 Å². The fourth-order valence-electron chi connectivity index (χ4n) is 1.93. The quantitative estimate of drug-likeness (QED) is 0.433. The van der Waals surface area contributed by atoms with E-state index in [1.165, 1.54) is 19.3 Å². The van der Waals surface area contributed by atoms with Crippen molar-refractivity contribution in [1.82, 2.24) is 5.43 Å². The van der Waals surface area contributed by atoms with E-state index < -0.39 is 0 Å². The second-order valence-corrected chi connectivity index (χ2v) is 4.91. The van der Waals surface area contributed by atoms with Crippen LogP contribution in [-0.4, -0.2) is 16.7 Å². The lowest BCUT2D eigenvalue weighted by molar-refractivity contribution is -0.121. The highest BCUT2D eigenvalue weighted by molar-refractivity contribution is 6.01. The molecule has 0 aromatic heterocycles. The predicted octanol–water partition coefficient (Wildman–Crippen LogP) is 3.59. The van der Waals surface area contributed by atoms with E-state index in [2.05, 4.69) is 17.5 Å². The van der Waals surface area contributed by atoms with Crippen LogP contribution in [0.3, 0.4) is 0 Å². The van der Waals surface area contributed by atoms with E-state index in [9.17, 15) is 9.90 Å². The Morgan fingerprint density at radius 3 is 2.60 bits per heavy atom. The van der Waals surface area contributed by atoms with Crippen LogP contribution in [0.15, 0.2) is 29.4 Å². The molecule has 0 aliphatic rings. The number of nitrogens with one attached hydrogen (secondary N) is 1. The highest BCUT2D eigenvalue weighted by Crippen LogP contribution is 2.16. The number of hydrogen-bond acceptors (Lipinski definition) is 3. The van der Waals surface area contributed by atoms with Gasteiger partial charge in [-0.05, 0) is 25.5 Å². The van der Waals surface area contributed by atoms with Crippen LogP contribution >= 0.6 is 0 Å². The van der Waals surface area contributed by atoms with Gasteiger partial charge in [0, 0.05) is 12.0 Å². The second-order valence-electron chi connectivity index (χ2n) is 4.91. The highest BCUT2D eigenvalue weighted by atomic mass is 16.3. The number of phenols is 1. The summed E-state index contributed by atoms with van der Waals surface area (Å²) >= 11 is 0. The number of hydrogen-bond donors (Lipinski definition) is 2. The van der Waals surface area contributed by atoms with Crippen molar-refractivity contribution >= 4 is 11.6 Å². The Morgan fingerprint density at radius 1 is 1.20 bits per heavy atom. The molecule has 0 spiro atoms. The first-order chi connectivity index (χ1) is 9.65. The van der Waals surface area contributed by atoms with Crippen molar-refractivity contribution in [2.75, 3.05) is 0 Å².